The fourth-order valence-electron chi connectivity index (χ4n) is 3.93. The first kappa shape index (κ1) is 6.93. The van der Waals surface area contributed by atoms with Crippen molar-refractivity contribution in [3.63, 3.8) is 0 Å². The number of oxime groups is 1. The molecule has 12 heavy (non-hydrogen) atoms. The zero-order valence-electron chi connectivity index (χ0n) is 7.24. The van der Waals surface area contributed by atoms with Crippen molar-refractivity contribution >= 4 is 5.71 Å². The smallest absolute Gasteiger partial charge is 0.0607 e. The van der Waals surface area contributed by atoms with Crippen LogP contribution in [0.15, 0.2) is 5.16 Å². The standard InChI is InChI=1S/C10H15NO/c12-11-10-5-6-4-9(10)8-3-1-2-7(6)8/h6-9,12H,1-5H2/b11-10-/t6-,7-,8+,9+/m1/s1. The lowest BCUT2D eigenvalue weighted by Gasteiger charge is -2.24. The van der Waals surface area contributed by atoms with Crippen LogP contribution in [-0.2, 0) is 0 Å². The van der Waals surface area contributed by atoms with E-state index in [1.807, 2.05) is 0 Å². The topological polar surface area (TPSA) is 32.6 Å². The summed E-state index contributed by atoms with van der Waals surface area (Å²) in [6.45, 7) is 0. The average Bonchev–Trinajstić information content (AvgIpc) is 2.75. The van der Waals surface area contributed by atoms with Gasteiger partial charge in [-0.25, -0.2) is 0 Å². The molecule has 2 bridgehead atoms. The summed E-state index contributed by atoms with van der Waals surface area (Å²) in [5.74, 6) is 3.45. The molecule has 0 spiro atoms. The maximum atomic E-state index is 8.80. The highest BCUT2D eigenvalue weighted by molar-refractivity contribution is 5.89. The molecule has 0 aromatic rings. The van der Waals surface area contributed by atoms with Gasteiger partial charge in [0.25, 0.3) is 0 Å². The Labute approximate surface area is 72.6 Å². The highest BCUT2D eigenvalue weighted by Crippen LogP contribution is 2.57. The molecule has 3 aliphatic rings. The van der Waals surface area contributed by atoms with Gasteiger partial charge in [-0.2, -0.15) is 0 Å². The molecule has 0 amide bonds. The SMILES string of the molecule is O/N=C1/C[C@H]2C[C@H]1[C@H]1CCC[C@H]21. The Bertz CT molecular complexity index is 236. The predicted molar refractivity (Wildman–Crippen MR) is 46.3 cm³/mol. The molecule has 4 atom stereocenters. The second-order valence-corrected chi connectivity index (χ2v) is 4.66. The molecule has 1 N–H and O–H groups in total. The van der Waals surface area contributed by atoms with E-state index >= 15 is 0 Å². The van der Waals surface area contributed by atoms with Crippen LogP contribution in [0, 0.1) is 23.7 Å². The molecule has 3 saturated carbocycles. The van der Waals surface area contributed by atoms with Crippen LogP contribution in [-0.4, -0.2) is 10.9 Å². The van der Waals surface area contributed by atoms with E-state index in [0.29, 0.717) is 5.92 Å². The second-order valence-electron chi connectivity index (χ2n) is 4.66. The molecule has 0 saturated heterocycles. The summed E-state index contributed by atoms with van der Waals surface area (Å²) < 4.78 is 0. The van der Waals surface area contributed by atoms with Crippen LogP contribution in [0.1, 0.15) is 32.1 Å². The lowest BCUT2D eigenvalue weighted by atomic mass is 9.81. The Hall–Kier alpha value is -0.530. The van der Waals surface area contributed by atoms with Crippen LogP contribution in [0.2, 0.25) is 0 Å². The van der Waals surface area contributed by atoms with Crippen LogP contribution < -0.4 is 0 Å². The Morgan fingerprint density at radius 1 is 1.25 bits per heavy atom. The molecule has 0 aliphatic heterocycles. The molecule has 0 aromatic heterocycles. The third-order valence-corrected chi connectivity index (χ3v) is 4.33. The summed E-state index contributed by atoms with van der Waals surface area (Å²) in [5, 5.41) is 12.2. The van der Waals surface area contributed by atoms with Crippen molar-refractivity contribution in [1.29, 1.82) is 0 Å². The lowest BCUT2D eigenvalue weighted by Crippen LogP contribution is -2.24. The highest BCUT2D eigenvalue weighted by atomic mass is 16.4. The normalized spacial score (nSPS) is 53.5. The third kappa shape index (κ3) is 0.686. The first-order valence-corrected chi connectivity index (χ1v) is 5.11. The van der Waals surface area contributed by atoms with Gasteiger partial charge in [-0.15, -0.1) is 0 Å². The molecular weight excluding hydrogens is 150 g/mol. The summed E-state index contributed by atoms with van der Waals surface area (Å²) >= 11 is 0. The lowest BCUT2D eigenvalue weighted by molar-refractivity contribution is 0.293. The molecule has 66 valence electrons. The van der Waals surface area contributed by atoms with Crippen molar-refractivity contribution < 1.29 is 5.21 Å². The average molecular weight is 165 g/mol. The molecule has 0 unspecified atom stereocenters. The van der Waals surface area contributed by atoms with Gasteiger partial charge in [0.05, 0.1) is 5.71 Å². The summed E-state index contributed by atoms with van der Waals surface area (Å²) in [6, 6.07) is 0. The molecule has 3 fully saturated rings. The summed E-state index contributed by atoms with van der Waals surface area (Å²) in [5.41, 5.74) is 1.11. The maximum absolute atomic E-state index is 8.80. The Morgan fingerprint density at radius 3 is 2.92 bits per heavy atom. The van der Waals surface area contributed by atoms with Gasteiger partial charge in [-0.05, 0) is 43.4 Å². The first-order chi connectivity index (χ1) is 5.90. The van der Waals surface area contributed by atoms with Crippen molar-refractivity contribution in [2.45, 2.75) is 32.1 Å². The van der Waals surface area contributed by atoms with Crippen LogP contribution in [0.25, 0.3) is 0 Å². The van der Waals surface area contributed by atoms with Crippen LogP contribution in [0.3, 0.4) is 0 Å². The number of hydrogen-bond donors (Lipinski definition) is 1. The van der Waals surface area contributed by atoms with Gasteiger partial charge >= 0.3 is 0 Å². The van der Waals surface area contributed by atoms with Crippen molar-refractivity contribution in [1.82, 2.24) is 0 Å². The predicted octanol–water partition coefficient (Wildman–Crippen LogP) is 2.27. The van der Waals surface area contributed by atoms with Crippen molar-refractivity contribution in [2.75, 3.05) is 0 Å². The fourth-order valence-corrected chi connectivity index (χ4v) is 3.93. The van der Waals surface area contributed by atoms with Crippen molar-refractivity contribution in [2.24, 2.45) is 28.8 Å². The van der Waals surface area contributed by atoms with E-state index in [2.05, 4.69) is 5.16 Å². The van der Waals surface area contributed by atoms with E-state index in [0.717, 1.165) is 29.9 Å². The molecular formula is C10H15NO. The molecule has 3 aliphatic carbocycles. The Balaban J connectivity index is 1.92. The van der Waals surface area contributed by atoms with Gasteiger partial charge in [-0.1, -0.05) is 11.6 Å². The van der Waals surface area contributed by atoms with Gasteiger partial charge in [0.15, 0.2) is 0 Å². The zero-order valence-corrected chi connectivity index (χ0v) is 7.24. The second kappa shape index (κ2) is 2.24. The number of fused-ring (bicyclic) bond motifs is 5. The van der Waals surface area contributed by atoms with Crippen molar-refractivity contribution in [3.05, 3.63) is 0 Å². The van der Waals surface area contributed by atoms with Gasteiger partial charge in [-0.3, -0.25) is 0 Å². The van der Waals surface area contributed by atoms with E-state index in [1.165, 1.54) is 25.7 Å². The first-order valence-electron chi connectivity index (χ1n) is 5.11. The molecule has 0 aromatic carbocycles. The van der Waals surface area contributed by atoms with Gasteiger partial charge in [0, 0.05) is 5.92 Å². The molecule has 2 heteroatoms. The van der Waals surface area contributed by atoms with Crippen LogP contribution in [0.5, 0.6) is 0 Å². The monoisotopic (exact) mass is 165 g/mol. The summed E-state index contributed by atoms with van der Waals surface area (Å²) in [6.07, 6.45) is 6.69. The zero-order chi connectivity index (χ0) is 8.13. The number of rotatable bonds is 0. The van der Waals surface area contributed by atoms with E-state index < -0.39 is 0 Å². The Kier molecular flexibility index (Phi) is 1.29. The van der Waals surface area contributed by atoms with Crippen molar-refractivity contribution in [3.8, 4) is 0 Å². The highest BCUT2D eigenvalue weighted by Gasteiger charge is 2.52. The maximum Gasteiger partial charge on any atom is 0.0607 e. The summed E-state index contributed by atoms with van der Waals surface area (Å²) in [4.78, 5) is 0. The quantitative estimate of drug-likeness (QED) is 0.433. The van der Waals surface area contributed by atoms with Crippen LogP contribution in [0.4, 0.5) is 0 Å². The van der Waals surface area contributed by atoms with Gasteiger partial charge in [0.2, 0.25) is 0 Å². The van der Waals surface area contributed by atoms with E-state index in [-0.39, 0.29) is 0 Å². The minimum absolute atomic E-state index is 0.674. The summed E-state index contributed by atoms with van der Waals surface area (Å²) in [7, 11) is 0. The van der Waals surface area contributed by atoms with Crippen LogP contribution >= 0.6 is 0 Å². The third-order valence-electron chi connectivity index (χ3n) is 4.33. The fraction of sp³-hybridized carbons (Fsp3) is 0.900. The largest absolute Gasteiger partial charge is 0.411 e. The van der Waals surface area contributed by atoms with E-state index in [4.69, 9.17) is 5.21 Å². The Morgan fingerprint density at radius 2 is 2.08 bits per heavy atom. The molecule has 0 radical (unpaired) electrons. The van der Waals surface area contributed by atoms with Gasteiger partial charge in [0.1, 0.15) is 0 Å². The minimum Gasteiger partial charge on any atom is -0.411 e. The number of nitrogens with zero attached hydrogens (tertiary/aromatic N) is 1. The molecule has 3 rings (SSSR count). The van der Waals surface area contributed by atoms with E-state index in [9.17, 15) is 0 Å². The number of hydrogen-bond acceptors (Lipinski definition) is 2. The molecule has 2 nitrogen and oxygen atoms in total. The molecule has 0 heterocycles. The van der Waals surface area contributed by atoms with E-state index in [1.54, 1.807) is 0 Å². The minimum atomic E-state index is 0.674. The van der Waals surface area contributed by atoms with Gasteiger partial charge < -0.3 is 5.21 Å².